The maximum Gasteiger partial charge on any atom is 0.225 e. The van der Waals surface area contributed by atoms with Gasteiger partial charge in [0.05, 0.1) is 5.69 Å². The lowest BCUT2D eigenvalue weighted by molar-refractivity contribution is 0.632. The largest absolute Gasteiger partial charge is 0.350 e. The van der Waals surface area contributed by atoms with Gasteiger partial charge in [0.1, 0.15) is 11.6 Å². The first kappa shape index (κ1) is 16.2. The predicted octanol–water partition coefficient (Wildman–Crippen LogP) is 4.93. The van der Waals surface area contributed by atoms with Gasteiger partial charge in [0.15, 0.2) is 0 Å². The topological polar surface area (TPSA) is 49.8 Å². The van der Waals surface area contributed by atoms with Crippen LogP contribution < -0.4 is 10.6 Å². The molecular formula is C18H16ClFN4. The van der Waals surface area contributed by atoms with Crippen molar-refractivity contribution in [2.45, 2.75) is 13.5 Å². The lowest BCUT2D eigenvalue weighted by Gasteiger charge is -2.11. The first-order valence-electron chi connectivity index (χ1n) is 7.46. The summed E-state index contributed by atoms with van der Waals surface area (Å²) < 4.78 is 13.8. The summed E-state index contributed by atoms with van der Waals surface area (Å²) in [6, 6.07) is 15.8. The maximum atomic E-state index is 13.8. The highest BCUT2D eigenvalue weighted by Gasteiger charge is 2.06. The van der Waals surface area contributed by atoms with Crippen LogP contribution in [0.4, 0.5) is 21.8 Å². The molecular weight excluding hydrogens is 327 g/mol. The van der Waals surface area contributed by atoms with Crippen LogP contribution in [0.3, 0.4) is 0 Å². The number of halogens is 2. The van der Waals surface area contributed by atoms with Crippen LogP contribution in [0.15, 0.2) is 54.6 Å². The second-order valence-electron chi connectivity index (χ2n) is 5.27. The summed E-state index contributed by atoms with van der Waals surface area (Å²) in [5.41, 5.74) is 2.09. The Balaban J connectivity index is 1.77. The Labute approximate surface area is 144 Å². The Bertz CT molecular complexity index is 854. The normalized spacial score (nSPS) is 10.5. The molecule has 0 unspecified atom stereocenters. The number of aryl methyl sites for hydroxylation is 1. The SMILES string of the molecule is Cc1cc(Nc2ccccc2F)nc(NCc2ccccc2Cl)n1. The molecule has 0 aliphatic heterocycles. The quantitative estimate of drug-likeness (QED) is 0.690. The predicted molar refractivity (Wildman–Crippen MR) is 95.2 cm³/mol. The number of anilines is 3. The van der Waals surface area contributed by atoms with Crippen LogP contribution in [0, 0.1) is 12.7 Å². The summed E-state index contributed by atoms with van der Waals surface area (Å²) in [6.07, 6.45) is 0. The fourth-order valence-corrected chi connectivity index (χ4v) is 2.43. The van der Waals surface area contributed by atoms with Crippen LogP contribution in [-0.2, 0) is 6.54 Å². The number of hydrogen-bond donors (Lipinski definition) is 2. The number of rotatable bonds is 5. The van der Waals surface area contributed by atoms with E-state index in [2.05, 4.69) is 20.6 Å². The van der Waals surface area contributed by atoms with Crippen LogP contribution in [0.25, 0.3) is 0 Å². The molecule has 0 fully saturated rings. The fourth-order valence-electron chi connectivity index (χ4n) is 2.23. The van der Waals surface area contributed by atoms with E-state index < -0.39 is 0 Å². The van der Waals surface area contributed by atoms with Gasteiger partial charge in [-0.3, -0.25) is 0 Å². The van der Waals surface area contributed by atoms with Crippen molar-refractivity contribution < 1.29 is 4.39 Å². The standard InChI is InChI=1S/C18H16ClFN4/c1-12-10-17(23-16-9-5-4-8-15(16)20)24-18(22-12)21-11-13-6-2-3-7-14(13)19/h2-10H,11H2,1H3,(H2,21,22,23,24). The fraction of sp³-hybridized carbons (Fsp3) is 0.111. The third kappa shape index (κ3) is 4.00. The van der Waals surface area contributed by atoms with Gasteiger partial charge in [0, 0.05) is 23.3 Å². The molecule has 3 aromatic rings. The molecule has 0 bridgehead atoms. The number of aromatic nitrogens is 2. The molecule has 6 heteroatoms. The molecule has 1 heterocycles. The van der Waals surface area contributed by atoms with Crippen molar-refractivity contribution in [2.24, 2.45) is 0 Å². The number of hydrogen-bond acceptors (Lipinski definition) is 4. The van der Waals surface area contributed by atoms with Crippen LogP contribution >= 0.6 is 11.6 Å². The van der Waals surface area contributed by atoms with Gasteiger partial charge in [0.25, 0.3) is 0 Å². The minimum Gasteiger partial charge on any atom is -0.350 e. The van der Waals surface area contributed by atoms with Crippen molar-refractivity contribution in [3.63, 3.8) is 0 Å². The number of nitrogens with zero attached hydrogens (tertiary/aromatic N) is 2. The van der Waals surface area contributed by atoms with Gasteiger partial charge in [-0.05, 0) is 30.7 Å². The highest BCUT2D eigenvalue weighted by molar-refractivity contribution is 6.31. The molecule has 24 heavy (non-hydrogen) atoms. The first-order chi connectivity index (χ1) is 11.6. The molecule has 1 aromatic heterocycles. The van der Waals surface area contributed by atoms with E-state index in [9.17, 15) is 4.39 Å². The van der Waals surface area contributed by atoms with E-state index in [1.165, 1.54) is 6.07 Å². The average molecular weight is 343 g/mol. The van der Waals surface area contributed by atoms with E-state index in [-0.39, 0.29) is 5.82 Å². The lowest BCUT2D eigenvalue weighted by atomic mass is 10.2. The van der Waals surface area contributed by atoms with Crippen LogP contribution in [-0.4, -0.2) is 9.97 Å². The van der Waals surface area contributed by atoms with E-state index in [0.29, 0.717) is 29.0 Å². The molecule has 0 saturated carbocycles. The highest BCUT2D eigenvalue weighted by atomic mass is 35.5. The molecule has 122 valence electrons. The van der Waals surface area contributed by atoms with Crippen LogP contribution in [0.5, 0.6) is 0 Å². The van der Waals surface area contributed by atoms with Gasteiger partial charge < -0.3 is 10.6 Å². The molecule has 3 rings (SSSR count). The molecule has 0 atom stereocenters. The first-order valence-corrected chi connectivity index (χ1v) is 7.84. The van der Waals surface area contributed by atoms with E-state index in [0.717, 1.165) is 11.3 Å². The number of para-hydroxylation sites is 1. The van der Waals surface area contributed by atoms with Gasteiger partial charge in [0.2, 0.25) is 5.95 Å². The van der Waals surface area contributed by atoms with Gasteiger partial charge in [-0.25, -0.2) is 9.37 Å². The Morgan fingerprint density at radius 3 is 2.58 bits per heavy atom. The Morgan fingerprint density at radius 1 is 1.04 bits per heavy atom. The minimum absolute atomic E-state index is 0.334. The van der Waals surface area contributed by atoms with Crippen molar-refractivity contribution >= 4 is 29.1 Å². The minimum atomic E-state index is -0.334. The Morgan fingerprint density at radius 2 is 1.79 bits per heavy atom. The summed E-state index contributed by atoms with van der Waals surface area (Å²) in [4.78, 5) is 8.72. The number of benzene rings is 2. The molecule has 0 aliphatic carbocycles. The maximum absolute atomic E-state index is 13.8. The zero-order chi connectivity index (χ0) is 16.9. The van der Waals surface area contributed by atoms with Crippen molar-refractivity contribution in [1.82, 2.24) is 9.97 Å². The lowest BCUT2D eigenvalue weighted by Crippen LogP contribution is -2.07. The van der Waals surface area contributed by atoms with Gasteiger partial charge in [-0.2, -0.15) is 4.98 Å². The molecule has 0 saturated heterocycles. The Hall–Kier alpha value is -2.66. The second kappa shape index (κ2) is 7.27. The summed E-state index contributed by atoms with van der Waals surface area (Å²) in [5, 5.41) is 6.80. The van der Waals surface area contributed by atoms with E-state index in [1.807, 2.05) is 31.2 Å². The summed E-state index contributed by atoms with van der Waals surface area (Å²) in [5.74, 6) is 0.641. The third-order valence-corrected chi connectivity index (χ3v) is 3.75. The molecule has 2 N–H and O–H groups in total. The molecule has 0 amide bonds. The van der Waals surface area contributed by atoms with E-state index in [4.69, 9.17) is 11.6 Å². The Kier molecular flexibility index (Phi) is 4.91. The summed E-state index contributed by atoms with van der Waals surface area (Å²) >= 11 is 6.14. The van der Waals surface area contributed by atoms with Crippen molar-refractivity contribution in [2.75, 3.05) is 10.6 Å². The highest BCUT2D eigenvalue weighted by Crippen LogP contribution is 2.20. The van der Waals surface area contributed by atoms with Crippen LogP contribution in [0.1, 0.15) is 11.3 Å². The van der Waals surface area contributed by atoms with E-state index >= 15 is 0 Å². The van der Waals surface area contributed by atoms with Gasteiger partial charge >= 0.3 is 0 Å². The second-order valence-corrected chi connectivity index (χ2v) is 5.68. The van der Waals surface area contributed by atoms with Crippen molar-refractivity contribution in [3.05, 3.63) is 76.7 Å². The number of nitrogens with one attached hydrogen (secondary N) is 2. The van der Waals surface area contributed by atoms with Gasteiger partial charge in [-0.15, -0.1) is 0 Å². The smallest absolute Gasteiger partial charge is 0.225 e. The molecule has 2 aromatic carbocycles. The van der Waals surface area contributed by atoms with Crippen LogP contribution in [0.2, 0.25) is 5.02 Å². The monoisotopic (exact) mass is 342 g/mol. The van der Waals surface area contributed by atoms with Gasteiger partial charge in [-0.1, -0.05) is 41.9 Å². The van der Waals surface area contributed by atoms with Crippen molar-refractivity contribution in [1.29, 1.82) is 0 Å². The molecule has 0 aliphatic rings. The average Bonchev–Trinajstić information content (AvgIpc) is 2.56. The third-order valence-electron chi connectivity index (χ3n) is 3.39. The zero-order valence-electron chi connectivity index (χ0n) is 13.1. The molecule has 0 radical (unpaired) electrons. The molecule has 4 nitrogen and oxygen atoms in total. The molecule has 0 spiro atoms. The van der Waals surface area contributed by atoms with Crippen molar-refractivity contribution in [3.8, 4) is 0 Å². The zero-order valence-corrected chi connectivity index (χ0v) is 13.8. The van der Waals surface area contributed by atoms with E-state index in [1.54, 1.807) is 24.3 Å². The summed E-state index contributed by atoms with van der Waals surface area (Å²) in [6.45, 7) is 2.36. The summed E-state index contributed by atoms with van der Waals surface area (Å²) in [7, 11) is 0.